The van der Waals surface area contributed by atoms with Gasteiger partial charge in [0.15, 0.2) is 6.10 Å². The molecule has 7 nitrogen and oxygen atoms in total. The molecule has 0 aromatic heterocycles. The number of aliphatic hydroxyl groups excluding tert-OH is 1. The van der Waals surface area contributed by atoms with Gasteiger partial charge in [-0.2, -0.15) is 0 Å². The summed E-state index contributed by atoms with van der Waals surface area (Å²) in [5.74, 6) is -3.08. The van der Waals surface area contributed by atoms with Crippen molar-refractivity contribution in [2.45, 2.75) is 83.9 Å². The number of ether oxygens (including phenoxy) is 3. The zero-order valence-corrected chi connectivity index (χ0v) is 18.8. The van der Waals surface area contributed by atoms with Crippen LogP contribution in [0.4, 0.5) is 0 Å². The molecule has 4 saturated carbocycles. The molecular weight excluding hydrogens is 400 g/mol. The normalized spacial score (nSPS) is 51.6. The summed E-state index contributed by atoms with van der Waals surface area (Å²) in [5, 5.41) is 23.9. The van der Waals surface area contributed by atoms with Crippen molar-refractivity contribution in [3.63, 3.8) is 0 Å². The first kappa shape index (κ1) is 21.4. The maximum atomic E-state index is 12.3. The van der Waals surface area contributed by atoms with Gasteiger partial charge in [-0.15, -0.1) is 0 Å². The lowest BCUT2D eigenvalue weighted by Crippen LogP contribution is -2.84. The van der Waals surface area contributed by atoms with Crippen molar-refractivity contribution >= 4 is 11.9 Å². The number of carbonyl (C=O) groups excluding carboxylic acids is 2. The van der Waals surface area contributed by atoms with Crippen LogP contribution in [-0.4, -0.2) is 52.9 Å². The van der Waals surface area contributed by atoms with Crippen molar-refractivity contribution in [1.82, 2.24) is 0 Å². The Kier molecular flexibility index (Phi) is 4.37. The van der Waals surface area contributed by atoms with E-state index in [1.54, 1.807) is 0 Å². The molecule has 0 aromatic rings. The second-order valence-corrected chi connectivity index (χ2v) is 11.3. The zero-order valence-electron chi connectivity index (χ0n) is 18.8. The molecule has 2 spiro atoms. The maximum Gasteiger partial charge on any atom is 0.303 e. The Labute approximate surface area is 183 Å². The lowest BCUT2D eigenvalue weighted by molar-refractivity contribution is -0.465. The molecule has 0 amide bonds. The Bertz CT molecular complexity index is 851. The largest absolute Gasteiger partial charge is 0.457 e. The van der Waals surface area contributed by atoms with Crippen molar-refractivity contribution in [2.75, 3.05) is 6.61 Å². The monoisotopic (exact) mass is 434 g/mol. The maximum absolute atomic E-state index is 12.3. The number of rotatable bonds is 2. The summed E-state index contributed by atoms with van der Waals surface area (Å²) in [7, 11) is 0. The summed E-state index contributed by atoms with van der Waals surface area (Å²) in [6.07, 6.45) is 1.24. The van der Waals surface area contributed by atoms with E-state index in [-0.39, 0.29) is 29.8 Å². The fraction of sp³-hybridized carbons (Fsp3) is 0.833. The third kappa shape index (κ3) is 2.35. The summed E-state index contributed by atoms with van der Waals surface area (Å²) >= 11 is 0. The molecule has 6 aliphatic rings. The second-order valence-electron chi connectivity index (χ2n) is 11.3. The first-order valence-corrected chi connectivity index (χ1v) is 11.5. The predicted octanol–water partition coefficient (Wildman–Crippen LogP) is 2.34. The number of esters is 2. The van der Waals surface area contributed by atoms with E-state index < -0.39 is 46.9 Å². The molecule has 2 N–H and O–H groups in total. The van der Waals surface area contributed by atoms with Crippen LogP contribution < -0.4 is 0 Å². The number of fused-ring (bicyclic) bond motifs is 2. The van der Waals surface area contributed by atoms with Crippen LogP contribution in [0.1, 0.15) is 59.8 Å². The van der Waals surface area contributed by atoms with E-state index in [0.717, 1.165) is 24.8 Å². The standard InChI is InChI=1S/C24H34O7/c1-12-15-6-7-16-22-11-29-24(28,23(16,10-15)19(12)30-13(2)25)20(31-14(3)26)18(22)21(4,5)9-8-17(22)27/h15-20,27-28H,1,6-11H2,2-5H3/t15?,16-,17+,18+,19+,20-,22+,23-,24?/m0/s1. The van der Waals surface area contributed by atoms with Gasteiger partial charge in [-0.3, -0.25) is 9.59 Å². The minimum absolute atomic E-state index is 0.0918. The Morgan fingerprint density at radius 2 is 1.81 bits per heavy atom. The summed E-state index contributed by atoms with van der Waals surface area (Å²) in [4.78, 5) is 24.3. The van der Waals surface area contributed by atoms with E-state index >= 15 is 0 Å². The molecule has 0 aromatic carbocycles. The van der Waals surface area contributed by atoms with E-state index in [1.165, 1.54) is 13.8 Å². The van der Waals surface area contributed by atoms with Crippen LogP contribution in [0.2, 0.25) is 0 Å². The molecule has 172 valence electrons. The molecule has 4 aliphatic carbocycles. The average Bonchev–Trinajstić information content (AvgIpc) is 2.87. The van der Waals surface area contributed by atoms with Gasteiger partial charge in [-0.05, 0) is 54.9 Å². The van der Waals surface area contributed by atoms with Crippen LogP contribution in [0.15, 0.2) is 12.2 Å². The van der Waals surface area contributed by atoms with Crippen LogP contribution in [-0.2, 0) is 23.8 Å². The lowest BCUT2D eigenvalue weighted by atomic mass is 9.36. The van der Waals surface area contributed by atoms with Gasteiger partial charge >= 0.3 is 11.9 Å². The Morgan fingerprint density at radius 3 is 2.45 bits per heavy atom. The van der Waals surface area contributed by atoms with E-state index in [4.69, 9.17) is 14.2 Å². The number of hydrogen-bond acceptors (Lipinski definition) is 7. The molecule has 2 unspecified atom stereocenters. The summed E-state index contributed by atoms with van der Waals surface area (Å²) < 4.78 is 17.9. The van der Waals surface area contributed by atoms with E-state index in [0.29, 0.717) is 12.8 Å². The zero-order chi connectivity index (χ0) is 22.6. The number of carbonyl (C=O) groups is 2. The van der Waals surface area contributed by atoms with E-state index in [2.05, 4.69) is 20.4 Å². The van der Waals surface area contributed by atoms with Crippen molar-refractivity contribution < 1.29 is 34.0 Å². The predicted molar refractivity (Wildman–Crippen MR) is 109 cm³/mol. The molecular formula is C24H34O7. The Morgan fingerprint density at radius 1 is 1.13 bits per heavy atom. The molecule has 31 heavy (non-hydrogen) atoms. The highest BCUT2D eigenvalue weighted by molar-refractivity contribution is 5.67. The Balaban J connectivity index is 1.77. The van der Waals surface area contributed by atoms with Crippen LogP contribution in [0, 0.1) is 34.0 Å². The Hall–Kier alpha value is -1.44. The summed E-state index contributed by atoms with van der Waals surface area (Å²) in [6.45, 7) is 11.4. The van der Waals surface area contributed by atoms with Crippen molar-refractivity contribution in [1.29, 1.82) is 0 Å². The topological polar surface area (TPSA) is 102 Å². The number of aliphatic hydroxyl groups is 2. The van der Waals surface area contributed by atoms with Crippen LogP contribution in [0.25, 0.3) is 0 Å². The summed E-state index contributed by atoms with van der Waals surface area (Å²) in [5.41, 5.74) is -1.17. The van der Waals surface area contributed by atoms with E-state index in [1.807, 2.05) is 0 Å². The van der Waals surface area contributed by atoms with Gasteiger partial charge < -0.3 is 24.4 Å². The highest BCUT2D eigenvalue weighted by atomic mass is 16.7. The quantitative estimate of drug-likeness (QED) is 0.508. The molecule has 7 heteroatoms. The molecule has 6 rings (SSSR count). The molecule has 0 radical (unpaired) electrons. The van der Waals surface area contributed by atoms with Crippen LogP contribution >= 0.6 is 0 Å². The fourth-order valence-electron chi connectivity index (χ4n) is 8.67. The van der Waals surface area contributed by atoms with Crippen molar-refractivity contribution in [3.05, 3.63) is 12.2 Å². The van der Waals surface area contributed by atoms with E-state index in [9.17, 15) is 19.8 Å². The highest BCUT2D eigenvalue weighted by Gasteiger charge is 2.85. The molecule has 2 saturated heterocycles. The van der Waals surface area contributed by atoms with Crippen molar-refractivity contribution in [3.8, 4) is 0 Å². The van der Waals surface area contributed by atoms with Gasteiger partial charge in [-0.1, -0.05) is 20.4 Å². The van der Waals surface area contributed by atoms with Crippen molar-refractivity contribution in [2.24, 2.45) is 34.0 Å². The third-order valence-electron chi connectivity index (χ3n) is 9.57. The molecule has 4 bridgehead atoms. The first-order chi connectivity index (χ1) is 14.4. The number of hydrogen-bond donors (Lipinski definition) is 2. The molecule has 9 atom stereocenters. The van der Waals surface area contributed by atoms with Crippen LogP contribution in [0.3, 0.4) is 0 Å². The highest BCUT2D eigenvalue weighted by Crippen LogP contribution is 2.78. The molecule has 6 fully saturated rings. The minimum Gasteiger partial charge on any atom is -0.457 e. The van der Waals surface area contributed by atoms with Gasteiger partial charge in [-0.25, -0.2) is 0 Å². The summed E-state index contributed by atoms with van der Waals surface area (Å²) in [6, 6.07) is 0. The fourth-order valence-corrected chi connectivity index (χ4v) is 8.67. The first-order valence-electron chi connectivity index (χ1n) is 11.5. The SMILES string of the molecule is C=C1C2CC[C@H]3[C@@]45COC(O)([C@@H](OC(C)=O)[C@@H]4C(C)(C)CC[C@H]5O)[C@]3(C2)[C@@H]1OC(C)=O. The minimum atomic E-state index is -1.82. The third-order valence-corrected chi connectivity index (χ3v) is 9.57. The van der Waals surface area contributed by atoms with Gasteiger partial charge in [0.25, 0.3) is 0 Å². The molecule has 2 aliphatic heterocycles. The van der Waals surface area contributed by atoms with Gasteiger partial charge in [0, 0.05) is 25.2 Å². The van der Waals surface area contributed by atoms with Gasteiger partial charge in [0.1, 0.15) is 6.10 Å². The van der Waals surface area contributed by atoms with Crippen LogP contribution in [0.5, 0.6) is 0 Å². The van der Waals surface area contributed by atoms with Gasteiger partial charge in [0.2, 0.25) is 5.79 Å². The second kappa shape index (κ2) is 6.33. The molecule has 2 heterocycles. The lowest BCUT2D eigenvalue weighted by Gasteiger charge is -2.75. The smallest absolute Gasteiger partial charge is 0.303 e. The average molecular weight is 435 g/mol. The van der Waals surface area contributed by atoms with Gasteiger partial charge in [0.05, 0.1) is 18.1 Å².